The third-order valence-electron chi connectivity index (χ3n) is 4.05. The van der Waals surface area contributed by atoms with Gasteiger partial charge in [-0.1, -0.05) is 6.42 Å². The number of rotatable bonds is 1. The summed E-state index contributed by atoms with van der Waals surface area (Å²) in [4.78, 5) is 36.1. The van der Waals surface area contributed by atoms with Crippen LogP contribution >= 0.6 is 0 Å². The second kappa shape index (κ2) is 8.73. The molecule has 7 nitrogen and oxygen atoms in total. The molecule has 2 aliphatic heterocycles. The number of amides is 2. The van der Waals surface area contributed by atoms with Gasteiger partial charge in [-0.3, -0.25) is 4.79 Å². The van der Waals surface area contributed by atoms with Crippen molar-refractivity contribution in [1.29, 1.82) is 0 Å². The van der Waals surface area contributed by atoms with Crippen LogP contribution in [-0.4, -0.2) is 46.2 Å². The lowest BCUT2D eigenvalue weighted by Crippen LogP contribution is -2.46. The fourth-order valence-electron chi connectivity index (χ4n) is 3.23. The molecule has 0 aromatic heterocycles. The van der Waals surface area contributed by atoms with Crippen LogP contribution in [0, 0.1) is 0 Å². The number of hydrogen-bond acceptors (Lipinski definition) is 5. The summed E-state index contributed by atoms with van der Waals surface area (Å²) >= 11 is 0. The zero-order valence-electron chi connectivity index (χ0n) is 17.0. The van der Waals surface area contributed by atoms with Gasteiger partial charge in [0.15, 0.2) is 0 Å². The van der Waals surface area contributed by atoms with Crippen LogP contribution < -0.4 is 5.73 Å². The van der Waals surface area contributed by atoms with Crippen LogP contribution in [0.1, 0.15) is 80.1 Å². The van der Waals surface area contributed by atoms with Crippen molar-refractivity contribution in [3.8, 4) is 0 Å². The number of esters is 1. The van der Waals surface area contributed by atoms with Crippen LogP contribution in [0.3, 0.4) is 0 Å². The molecule has 150 valence electrons. The summed E-state index contributed by atoms with van der Waals surface area (Å²) in [5.74, 6) is -0.105. The predicted molar refractivity (Wildman–Crippen MR) is 98.4 cm³/mol. The fraction of sp³-hybridized carbons (Fsp3) is 0.842. The van der Waals surface area contributed by atoms with Gasteiger partial charge in [0.25, 0.3) is 0 Å². The highest BCUT2D eigenvalue weighted by Crippen LogP contribution is 2.32. The molecule has 0 bridgehead atoms. The van der Waals surface area contributed by atoms with E-state index < -0.39 is 17.3 Å². The maximum Gasteiger partial charge on any atom is 0.405 e. The molecule has 26 heavy (non-hydrogen) atoms. The average molecular weight is 370 g/mol. The van der Waals surface area contributed by atoms with E-state index >= 15 is 0 Å². The molecule has 2 rings (SSSR count). The van der Waals surface area contributed by atoms with Crippen molar-refractivity contribution in [3.05, 3.63) is 0 Å². The Hall–Kier alpha value is -1.79. The quantitative estimate of drug-likeness (QED) is 0.715. The summed E-state index contributed by atoms with van der Waals surface area (Å²) in [5.41, 5.74) is 3.78. The molecule has 2 fully saturated rings. The highest BCUT2D eigenvalue weighted by atomic mass is 16.6. The van der Waals surface area contributed by atoms with Crippen molar-refractivity contribution in [3.63, 3.8) is 0 Å². The van der Waals surface area contributed by atoms with Crippen LogP contribution in [0.4, 0.5) is 4.79 Å². The Kier molecular flexibility index (Phi) is 7.47. The minimum absolute atomic E-state index is 0.130. The van der Waals surface area contributed by atoms with Crippen molar-refractivity contribution in [2.45, 2.75) is 103 Å². The number of ether oxygens (including phenoxy) is 2. The molecular weight excluding hydrogens is 336 g/mol. The first kappa shape index (κ1) is 22.3. The monoisotopic (exact) mass is 370 g/mol. The Bertz CT molecular complexity index is 519. The number of nitrogens with two attached hydrogens (primary N) is 1. The third kappa shape index (κ3) is 7.62. The molecular formula is C19H34N2O5. The molecule has 2 aliphatic rings. The minimum Gasteiger partial charge on any atom is -0.458 e. The maximum atomic E-state index is 12.2. The van der Waals surface area contributed by atoms with Crippen molar-refractivity contribution in [2.24, 2.45) is 5.73 Å². The molecule has 0 spiro atoms. The molecule has 0 aliphatic carbocycles. The molecule has 2 atom stereocenters. The number of hydrogen-bond donors (Lipinski definition) is 1. The lowest BCUT2D eigenvalue weighted by atomic mass is 10.1. The molecule has 2 heterocycles. The van der Waals surface area contributed by atoms with Crippen molar-refractivity contribution in [1.82, 2.24) is 4.90 Å². The van der Waals surface area contributed by atoms with Crippen LogP contribution in [0.2, 0.25) is 0 Å². The molecule has 0 saturated carbocycles. The van der Waals surface area contributed by atoms with Crippen molar-refractivity contribution < 1.29 is 23.9 Å². The first-order chi connectivity index (χ1) is 11.8. The topological polar surface area (TPSA) is 98.9 Å². The third-order valence-corrected chi connectivity index (χ3v) is 4.05. The predicted octanol–water partition coefficient (Wildman–Crippen LogP) is 3.14. The summed E-state index contributed by atoms with van der Waals surface area (Å²) in [7, 11) is 0. The van der Waals surface area contributed by atoms with Gasteiger partial charge >= 0.3 is 12.1 Å². The van der Waals surface area contributed by atoms with E-state index in [4.69, 9.17) is 10.5 Å². The number of nitrogens with zero attached hydrogens (tertiary/aromatic N) is 1. The fourth-order valence-corrected chi connectivity index (χ4v) is 3.23. The van der Waals surface area contributed by atoms with Crippen molar-refractivity contribution in [2.75, 3.05) is 0 Å². The zero-order chi connectivity index (χ0) is 20.1. The molecule has 2 saturated heterocycles. The molecule has 7 heteroatoms. The first-order valence-electron chi connectivity index (χ1n) is 9.32. The number of carbonyl (C=O) groups excluding carboxylic acids is 3. The van der Waals surface area contributed by atoms with E-state index in [1.54, 1.807) is 25.7 Å². The second-order valence-corrected chi connectivity index (χ2v) is 8.86. The lowest BCUT2D eigenvalue weighted by molar-refractivity contribution is -0.164. The zero-order valence-corrected chi connectivity index (χ0v) is 17.0. The largest absolute Gasteiger partial charge is 0.458 e. The van der Waals surface area contributed by atoms with Gasteiger partial charge in [-0.25, -0.2) is 9.59 Å². The van der Waals surface area contributed by atoms with Crippen LogP contribution in [0.15, 0.2) is 0 Å². The Morgan fingerprint density at radius 1 is 0.962 bits per heavy atom. The van der Waals surface area contributed by atoms with Gasteiger partial charge in [0.2, 0.25) is 5.91 Å². The van der Waals surface area contributed by atoms with Gasteiger partial charge in [-0.15, -0.1) is 0 Å². The highest BCUT2D eigenvalue weighted by molar-refractivity contribution is 5.85. The van der Waals surface area contributed by atoms with Crippen molar-refractivity contribution >= 4 is 18.0 Å². The van der Waals surface area contributed by atoms with Crippen LogP contribution in [-0.2, 0) is 19.1 Å². The molecule has 0 aromatic rings. The summed E-state index contributed by atoms with van der Waals surface area (Å²) in [5, 5.41) is 0. The van der Waals surface area contributed by atoms with Gasteiger partial charge in [0.1, 0.15) is 17.2 Å². The molecule has 2 N–H and O–H groups in total. The van der Waals surface area contributed by atoms with Gasteiger partial charge in [-0.2, -0.15) is 0 Å². The Morgan fingerprint density at radius 2 is 1.54 bits per heavy atom. The molecule has 0 radical (unpaired) electrons. The van der Waals surface area contributed by atoms with E-state index in [9.17, 15) is 14.4 Å². The van der Waals surface area contributed by atoms with Gasteiger partial charge in [0, 0.05) is 12.5 Å². The summed E-state index contributed by atoms with van der Waals surface area (Å²) in [6.07, 6.45) is 4.63. The van der Waals surface area contributed by atoms with E-state index in [0.717, 1.165) is 32.1 Å². The summed E-state index contributed by atoms with van der Waals surface area (Å²) in [6, 6.07) is -0.0858. The van der Waals surface area contributed by atoms with E-state index in [0.29, 0.717) is 6.42 Å². The highest BCUT2D eigenvalue weighted by Gasteiger charge is 2.42. The Balaban J connectivity index is 0.000000359. The van der Waals surface area contributed by atoms with Crippen LogP contribution in [0.5, 0.6) is 0 Å². The standard InChI is InChI=1S/C14H23NO3.C5H11NO2/c1-14(2,3)18-13(17)11-9-8-10-6-4-5-7-12(16)15(10)11;1-5(2,3)8-4(6)7/h10-11H,4-9H2,1-3H3;1-3H3,(H2,6,7)/t10-,11-;/m0./s1. The average Bonchev–Trinajstić information content (AvgIpc) is 2.75. The smallest absolute Gasteiger partial charge is 0.405 e. The first-order valence-corrected chi connectivity index (χ1v) is 9.32. The maximum absolute atomic E-state index is 12.2. The van der Waals surface area contributed by atoms with Gasteiger partial charge < -0.3 is 20.1 Å². The van der Waals surface area contributed by atoms with E-state index in [2.05, 4.69) is 4.74 Å². The summed E-state index contributed by atoms with van der Waals surface area (Å²) in [6.45, 7) is 10.9. The number of carbonyl (C=O) groups is 3. The minimum atomic E-state index is -0.725. The van der Waals surface area contributed by atoms with Gasteiger partial charge in [-0.05, 0) is 67.2 Å². The van der Waals surface area contributed by atoms with Gasteiger partial charge in [0.05, 0.1) is 0 Å². The van der Waals surface area contributed by atoms with Crippen LogP contribution in [0.25, 0.3) is 0 Å². The number of fused-ring (bicyclic) bond motifs is 1. The Morgan fingerprint density at radius 3 is 2.00 bits per heavy atom. The molecule has 0 aromatic carbocycles. The van der Waals surface area contributed by atoms with E-state index in [1.807, 2.05) is 20.8 Å². The Labute approximate surface area is 156 Å². The van der Waals surface area contributed by atoms with E-state index in [1.165, 1.54) is 0 Å². The lowest BCUT2D eigenvalue weighted by Gasteiger charge is -2.30. The molecule has 0 unspecified atom stereocenters. The normalized spacial score (nSPS) is 23.3. The van der Waals surface area contributed by atoms with E-state index in [-0.39, 0.29) is 24.0 Å². The SMILES string of the molecule is CC(C)(C)OC(=O)[C@@H]1CC[C@@H]2CCCCC(=O)N21.CC(C)(C)OC(N)=O. The molecule has 2 amide bonds. The number of primary amides is 1. The second-order valence-electron chi connectivity index (χ2n) is 8.86. The summed E-state index contributed by atoms with van der Waals surface area (Å²) < 4.78 is 10.0.